The molecule has 11 heteroatoms. The first-order valence-electron chi connectivity index (χ1n) is 9.31. The summed E-state index contributed by atoms with van der Waals surface area (Å²) in [5.74, 6) is -1.69. The van der Waals surface area contributed by atoms with Gasteiger partial charge in [-0.15, -0.1) is 0 Å². The first-order valence-corrected chi connectivity index (χ1v) is 10.1. The molecule has 0 aliphatic heterocycles. The molecule has 170 valence electrons. The molecule has 1 heterocycles. The van der Waals surface area contributed by atoms with Gasteiger partial charge in [0.15, 0.2) is 0 Å². The summed E-state index contributed by atoms with van der Waals surface area (Å²) >= 11 is 12.5. The number of carbonyl (C=O) groups excluding carboxylic acids is 4. The van der Waals surface area contributed by atoms with Gasteiger partial charge in [-0.05, 0) is 35.9 Å². The maximum absolute atomic E-state index is 12.6. The Bertz CT molecular complexity index is 998. The lowest BCUT2D eigenvalue weighted by Crippen LogP contribution is -2.48. The number of amides is 3. The SMILES string of the molecule is COC(=O)C(CNC(C)=O)NC(=O)c1c(Cl)cc(CNC(=O)/C=C/c2ccco2)cc1Cl. The van der Waals surface area contributed by atoms with E-state index in [2.05, 4.69) is 20.7 Å². The second-order valence-electron chi connectivity index (χ2n) is 6.49. The van der Waals surface area contributed by atoms with Crippen LogP contribution in [-0.2, 0) is 25.7 Å². The number of benzene rings is 1. The van der Waals surface area contributed by atoms with Crippen LogP contribution < -0.4 is 16.0 Å². The van der Waals surface area contributed by atoms with Crippen molar-refractivity contribution < 1.29 is 28.3 Å². The first-order chi connectivity index (χ1) is 15.2. The molecule has 2 rings (SSSR count). The molecule has 3 N–H and O–H groups in total. The number of hydrogen-bond donors (Lipinski definition) is 3. The topological polar surface area (TPSA) is 127 Å². The summed E-state index contributed by atoms with van der Waals surface area (Å²) in [4.78, 5) is 47.6. The first kappa shape index (κ1) is 25.0. The van der Waals surface area contributed by atoms with Gasteiger partial charge in [0, 0.05) is 26.1 Å². The Morgan fingerprint density at radius 2 is 1.84 bits per heavy atom. The van der Waals surface area contributed by atoms with E-state index in [0.717, 1.165) is 7.11 Å². The van der Waals surface area contributed by atoms with Gasteiger partial charge in [-0.2, -0.15) is 0 Å². The fourth-order valence-corrected chi connectivity index (χ4v) is 3.25. The predicted molar refractivity (Wildman–Crippen MR) is 118 cm³/mol. The Balaban J connectivity index is 2.05. The van der Waals surface area contributed by atoms with Gasteiger partial charge in [-0.25, -0.2) is 4.79 Å². The predicted octanol–water partition coefficient (Wildman–Crippen LogP) is 2.32. The van der Waals surface area contributed by atoms with Crippen LogP contribution in [0.3, 0.4) is 0 Å². The third-order valence-electron chi connectivity index (χ3n) is 4.08. The molecule has 0 radical (unpaired) electrons. The second-order valence-corrected chi connectivity index (χ2v) is 7.30. The molecule has 0 aliphatic rings. The lowest BCUT2D eigenvalue weighted by Gasteiger charge is -2.18. The van der Waals surface area contributed by atoms with Crippen LogP contribution in [0.25, 0.3) is 6.08 Å². The molecule has 3 amide bonds. The van der Waals surface area contributed by atoms with Gasteiger partial charge in [-0.1, -0.05) is 23.2 Å². The molecule has 0 saturated heterocycles. The molecular formula is C21H21Cl2N3O6. The number of halogens is 2. The Hall–Kier alpha value is -3.30. The third kappa shape index (κ3) is 7.44. The summed E-state index contributed by atoms with van der Waals surface area (Å²) in [6.45, 7) is 1.21. The molecule has 1 atom stereocenters. The highest BCUT2D eigenvalue weighted by Crippen LogP contribution is 2.27. The van der Waals surface area contributed by atoms with Crippen molar-refractivity contribution in [2.24, 2.45) is 0 Å². The summed E-state index contributed by atoms with van der Waals surface area (Å²) < 4.78 is 9.74. The van der Waals surface area contributed by atoms with Crippen molar-refractivity contribution in [3.8, 4) is 0 Å². The molecule has 9 nitrogen and oxygen atoms in total. The molecule has 1 unspecified atom stereocenters. The van der Waals surface area contributed by atoms with E-state index in [0.29, 0.717) is 11.3 Å². The largest absolute Gasteiger partial charge is 0.467 e. The van der Waals surface area contributed by atoms with Gasteiger partial charge in [-0.3, -0.25) is 14.4 Å². The Morgan fingerprint density at radius 1 is 1.16 bits per heavy atom. The van der Waals surface area contributed by atoms with Crippen molar-refractivity contribution in [2.75, 3.05) is 13.7 Å². The highest BCUT2D eigenvalue weighted by Gasteiger charge is 2.25. The van der Waals surface area contributed by atoms with Gasteiger partial charge in [0.1, 0.15) is 11.8 Å². The maximum Gasteiger partial charge on any atom is 0.330 e. The van der Waals surface area contributed by atoms with Gasteiger partial charge in [0.05, 0.1) is 29.0 Å². The minimum Gasteiger partial charge on any atom is -0.467 e. The zero-order valence-electron chi connectivity index (χ0n) is 17.2. The average molecular weight is 482 g/mol. The van der Waals surface area contributed by atoms with E-state index in [-0.39, 0.29) is 40.5 Å². The van der Waals surface area contributed by atoms with Crippen molar-refractivity contribution in [1.82, 2.24) is 16.0 Å². The van der Waals surface area contributed by atoms with Gasteiger partial charge >= 0.3 is 5.97 Å². The van der Waals surface area contributed by atoms with Crippen molar-refractivity contribution in [3.63, 3.8) is 0 Å². The van der Waals surface area contributed by atoms with Crippen molar-refractivity contribution >= 4 is 53.0 Å². The van der Waals surface area contributed by atoms with Gasteiger partial charge in [0.2, 0.25) is 11.8 Å². The fraction of sp³-hybridized carbons (Fsp3) is 0.238. The zero-order valence-corrected chi connectivity index (χ0v) is 18.8. The van der Waals surface area contributed by atoms with Crippen LogP contribution in [0.5, 0.6) is 0 Å². The van der Waals surface area contributed by atoms with Gasteiger partial charge in [0.25, 0.3) is 5.91 Å². The standard InChI is InChI=1S/C21H21Cl2N3O6/c1-12(27)24-11-17(21(30)31-2)26-20(29)19-15(22)8-13(9-16(19)23)10-25-18(28)6-5-14-4-3-7-32-14/h3-9,17H,10-11H2,1-2H3,(H,24,27)(H,25,28)(H,26,29)/b6-5+. The number of hydrogen-bond acceptors (Lipinski definition) is 6. The Labute approximate surface area is 194 Å². The second kappa shape index (κ2) is 11.9. The maximum atomic E-state index is 12.6. The summed E-state index contributed by atoms with van der Waals surface area (Å²) in [7, 11) is 1.15. The van der Waals surface area contributed by atoms with Crippen LogP contribution in [0.1, 0.15) is 28.6 Å². The summed E-state index contributed by atoms with van der Waals surface area (Å²) in [5, 5.41) is 7.57. The van der Waals surface area contributed by atoms with E-state index in [9.17, 15) is 19.2 Å². The lowest BCUT2D eigenvalue weighted by atomic mass is 10.1. The average Bonchev–Trinajstić information content (AvgIpc) is 3.26. The number of furan rings is 1. The van der Waals surface area contributed by atoms with Crippen LogP contribution in [0.2, 0.25) is 10.0 Å². The van der Waals surface area contributed by atoms with E-state index >= 15 is 0 Å². The molecule has 0 fully saturated rings. The molecule has 2 aromatic rings. The van der Waals surface area contributed by atoms with Gasteiger partial charge < -0.3 is 25.1 Å². The van der Waals surface area contributed by atoms with Crippen LogP contribution in [0, 0.1) is 0 Å². The molecular weight excluding hydrogens is 461 g/mol. The quantitative estimate of drug-likeness (QED) is 0.372. The molecule has 0 spiro atoms. The van der Waals surface area contributed by atoms with Crippen LogP contribution in [0.4, 0.5) is 0 Å². The van der Waals surface area contributed by atoms with Crippen LogP contribution in [0.15, 0.2) is 41.0 Å². The van der Waals surface area contributed by atoms with Crippen molar-refractivity contribution in [3.05, 3.63) is 63.5 Å². The molecule has 0 bridgehead atoms. The number of methoxy groups -OCH3 is 1. The number of carbonyl (C=O) groups is 4. The highest BCUT2D eigenvalue weighted by molar-refractivity contribution is 6.39. The van der Waals surface area contributed by atoms with Crippen molar-refractivity contribution in [1.29, 1.82) is 0 Å². The Kier molecular flexibility index (Phi) is 9.30. The number of esters is 1. The lowest BCUT2D eigenvalue weighted by molar-refractivity contribution is -0.142. The minimum absolute atomic E-state index is 0.0218. The molecule has 0 aliphatic carbocycles. The van der Waals surface area contributed by atoms with E-state index in [1.165, 1.54) is 37.5 Å². The number of ether oxygens (including phenoxy) is 1. The summed E-state index contributed by atoms with van der Waals surface area (Å²) in [6.07, 6.45) is 4.32. The third-order valence-corrected chi connectivity index (χ3v) is 4.68. The zero-order chi connectivity index (χ0) is 23.7. The normalized spacial score (nSPS) is 11.6. The smallest absolute Gasteiger partial charge is 0.330 e. The fourth-order valence-electron chi connectivity index (χ4n) is 2.55. The summed E-state index contributed by atoms with van der Waals surface area (Å²) in [6, 6.07) is 5.21. The van der Waals surface area contributed by atoms with E-state index in [1.807, 2.05) is 0 Å². The molecule has 0 saturated carbocycles. The van der Waals surface area contributed by atoms with E-state index in [4.69, 9.17) is 27.6 Å². The Morgan fingerprint density at radius 3 is 2.41 bits per heavy atom. The monoisotopic (exact) mass is 481 g/mol. The van der Waals surface area contributed by atoms with Crippen molar-refractivity contribution in [2.45, 2.75) is 19.5 Å². The number of nitrogens with one attached hydrogen (secondary N) is 3. The molecule has 32 heavy (non-hydrogen) atoms. The van der Waals surface area contributed by atoms with Crippen LogP contribution >= 0.6 is 23.2 Å². The molecule has 1 aromatic heterocycles. The van der Waals surface area contributed by atoms with Crippen LogP contribution in [-0.4, -0.2) is 43.4 Å². The van der Waals surface area contributed by atoms with E-state index < -0.39 is 17.9 Å². The molecule has 1 aromatic carbocycles. The number of rotatable bonds is 9. The van der Waals surface area contributed by atoms with E-state index in [1.54, 1.807) is 12.1 Å². The summed E-state index contributed by atoms with van der Waals surface area (Å²) in [5.41, 5.74) is 0.497. The highest BCUT2D eigenvalue weighted by atomic mass is 35.5. The minimum atomic E-state index is -1.14.